The first kappa shape index (κ1) is 14.8. The Bertz CT molecular complexity index is 692. The molecule has 0 aliphatic heterocycles. The number of hydrogen-bond acceptors (Lipinski definition) is 4. The van der Waals surface area contributed by atoms with E-state index in [1.807, 2.05) is 6.07 Å². The van der Waals surface area contributed by atoms with Crippen molar-refractivity contribution in [1.29, 1.82) is 0 Å². The van der Waals surface area contributed by atoms with Crippen molar-refractivity contribution in [3.05, 3.63) is 41.2 Å². The second-order valence-corrected chi connectivity index (χ2v) is 6.36. The minimum atomic E-state index is -3.72. The van der Waals surface area contributed by atoms with Crippen molar-refractivity contribution in [2.75, 3.05) is 12.3 Å². The third-order valence-electron chi connectivity index (χ3n) is 2.86. The molecule has 1 aromatic carbocycles. The topological polar surface area (TPSA) is 90.0 Å². The lowest BCUT2D eigenvalue weighted by Crippen LogP contribution is -2.27. The lowest BCUT2D eigenvalue weighted by molar-refractivity contribution is 0.580. The molecule has 8 heteroatoms. The first-order valence-electron chi connectivity index (χ1n) is 5.92. The van der Waals surface area contributed by atoms with Gasteiger partial charge in [0.05, 0.1) is 10.7 Å². The maximum atomic E-state index is 12.2. The molecule has 2 rings (SSSR count). The number of halogens is 1. The van der Waals surface area contributed by atoms with Gasteiger partial charge in [0.15, 0.2) is 0 Å². The van der Waals surface area contributed by atoms with Gasteiger partial charge in [0.2, 0.25) is 10.0 Å². The molecule has 0 radical (unpaired) electrons. The van der Waals surface area contributed by atoms with Gasteiger partial charge in [-0.3, -0.25) is 4.68 Å². The Morgan fingerprint density at radius 3 is 2.75 bits per heavy atom. The summed E-state index contributed by atoms with van der Waals surface area (Å²) < 4.78 is 28.6. The molecule has 0 amide bonds. The van der Waals surface area contributed by atoms with Crippen LogP contribution >= 0.6 is 11.6 Å². The van der Waals surface area contributed by atoms with Gasteiger partial charge >= 0.3 is 0 Å². The van der Waals surface area contributed by atoms with E-state index in [0.717, 1.165) is 5.69 Å². The smallest absolute Gasteiger partial charge is 0.244 e. The summed E-state index contributed by atoms with van der Waals surface area (Å²) in [6.07, 6.45) is 2.19. The number of nitrogens with two attached hydrogens (primary N) is 1. The number of sulfonamides is 1. The Hall–Kier alpha value is -1.57. The average molecular weight is 315 g/mol. The molecule has 3 N–H and O–H groups in total. The monoisotopic (exact) mass is 314 g/mol. The maximum Gasteiger partial charge on any atom is 0.244 e. The summed E-state index contributed by atoms with van der Waals surface area (Å²) in [6, 6.07) is 6.43. The van der Waals surface area contributed by atoms with Gasteiger partial charge in [-0.05, 0) is 18.2 Å². The van der Waals surface area contributed by atoms with E-state index in [1.54, 1.807) is 24.0 Å². The number of hydrogen-bond donors (Lipinski definition) is 2. The molecule has 0 bridgehead atoms. The molecule has 108 valence electrons. The highest BCUT2D eigenvalue weighted by Crippen LogP contribution is 2.26. The summed E-state index contributed by atoms with van der Waals surface area (Å²) in [5.41, 5.74) is 6.74. The van der Waals surface area contributed by atoms with Gasteiger partial charge in [0, 0.05) is 31.9 Å². The lowest BCUT2D eigenvalue weighted by Gasteiger charge is -2.10. The SMILES string of the molecule is Cn1nccc1CCNS(=O)(=O)c1c(N)cccc1Cl. The van der Waals surface area contributed by atoms with E-state index in [-0.39, 0.29) is 22.2 Å². The van der Waals surface area contributed by atoms with Crippen LogP contribution in [0, 0.1) is 0 Å². The quantitative estimate of drug-likeness (QED) is 0.811. The second kappa shape index (κ2) is 5.82. The Morgan fingerprint density at radius 2 is 2.15 bits per heavy atom. The standard InChI is InChI=1S/C12H15ClN4O2S/c1-17-9(5-7-15-17)6-8-16-20(18,19)12-10(13)3-2-4-11(12)14/h2-5,7,16H,6,8,14H2,1H3. The number of nitrogen functional groups attached to an aromatic ring is 1. The molecule has 1 aromatic heterocycles. The molecule has 2 aromatic rings. The average Bonchev–Trinajstić information content (AvgIpc) is 2.74. The second-order valence-electron chi connectivity index (χ2n) is 4.25. The summed E-state index contributed by atoms with van der Waals surface area (Å²) in [6.45, 7) is 0.243. The van der Waals surface area contributed by atoms with Crippen molar-refractivity contribution < 1.29 is 8.42 Å². The number of rotatable bonds is 5. The third-order valence-corrected chi connectivity index (χ3v) is 4.87. The molecule has 1 heterocycles. The van der Waals surface area contributed by atoms with Crippen molar-refractivity contribution in [2.24, 2.45) is 7.05 Å². The molecule has 0 aliphatic carbocycles. The highest BCUT2D eigenvalue weighted by atomic mass is 35.5. The molecular formula is C12H15ClN4O2S. The number of nitrogens with one attached hydrogen (secondary N) is 1. The van der Waals surface area contributed by atoms with Crippen LogP contribution in [0.2, 0.25) is 5.02 Å². The van der Waals surface area contributed by atoms with Crippen LogP contribution in [-0.4, -0.2) is 24.7 Å². The van der Waals surface area contributed by atoms with Crippen LogP contribution in [0.15, 0.2) is 35.4 Å². The van der Waals surface area contributed by atoms with Crippen molar-refractivity contribution in [3.8, 4) is 0 Å². The summed E-state index contributed by atoms with van der Waals surface area (Å²) >= 11 is 5.90. The van der Waals surface area contributed by atoms with E-state index < -0.39 is 10.0 Å². The van der Waals surface area contributed by atoms with Crippen molar-refractivity contribution in [1.82, 2.24) is 14.5 Å². The third kappa shape index (κ3) is 3.12. The maximum absolute atomic E-state index is 12.2. The predicted molar refractivity (Wildman–Crippen MR) is 78.0 cm³/mol. The van der Waals surface area contributed by atoms with Crippen LogP contribution in [0.25, 0.3) is 0 Å². The summed E-state index contributed by atoms with van der Waals surface area (Å²) in [5.74, 6) is 0. The van der Waals surface area contributed by atoms with Gasteiger partial charge in [-0.15, -0.1) is 0 Å². The van der Waals surface area contributed by atoms with Gasteiger partial charge in [-0.2, -0.15) is 5.10 Å². The van der Waals surface area contributed by atoms with E-state index in [9.17, 15) is 8.42 Å². The minimum absolute atomic E-state index is 0.0772. The molecule has 0 atom stereocenters. The molecule has 0 unspecified atom stereocenters. The zero-order valence-electron chi connectivity index (χ0n) is 10.9. The van der Waals surface area contributed by atoms with E-state index in [1.165, 1.54) is 12.1 Å². The highest BCUT2D eigenvalue weighted by Gasteiger charge is 2.20. The number of aryl methyl sites for hydroxylation is 1. The van der Waals surface area contributed by atoms with Gasteiger partial charge < -0.3 is 5.73 Å². The van der Waals surface area contributed by atoms with E-state index in [4.69, 9.17) is 17.3 Å². The summed E-state index contributed by atoms with van der Waals surface area (Å²) in [7, 11) is -1.92. The molecular weight excluding hydrogens is 300 g/mol. The first-order valence-corrected chi connectivity index (χ1v) is 7.78. The van der Waals surface area contributed by atoms with Gasteiger partial charge in [0.1, 0.15) is 4.90 Å². The number of anilines is 1. The van der Waals surface area contributed by atoms with Gasteiger partial charge in [0.25, 0.3) is 0 Å². The molecule has 20 heavy (non-hydrogen) atoms. The van der Waals surface area contributed by atoms with Crippen molar-refractivity contribution in [2.45, 2.75) is 11.3 Å². The van der Waals surface area contributed by atoms with Crippen LogP contribution in [0.3, 0.4) is 0 Å². The lowest BCUT2D eigenvalue weighted by atomic mass is 10.3. The van der Waals surface area contributed by atoms with E-state index in [0.29, 0.717) is 6.42 Å². The molecule has 6 nitrogen and oxygen atoms in total. The zero-order chi connectivity index (χ0) is 14.8. The highest BCUT2D eigenvalue weighted by molar-refractivity contribution is 7.89. The van der Waals surface area contributed by atoms with Crippen LogP contribution in [0.4, 0.5) is 5.69 Å². The van der Waals surface area contributed by atoms with Gasteiger partial charge in [-0.25, -0.2) is 13.1 Å². The molecule has 0 saturated heterocycles. The van der Waals surface area contributed by atoms with E-state index in [2.05, 4.69) is 9.82 Å². The Balaban J connectivity index is 2.10. The molecule has 0 aliphatic rings. The zero-order valence-corrected chi connectivity index (χ0v) is 12.4. The largest absolute Gasteiger partial charge is 0.398 e. The fourth-order valence-corrected chi connectivity index (χ4v) is 3.55. The Kier molecular flexibility index (Phi) is 4.32. The Labute approximate surface area is 122 Å². The van der Waals surface area contributed by atoms with Crippen LogP contribution < -0.4 is 10.5 Å². The van der Waals surface area contributed by atoms with Crippen LogP contribution in [0.5, 0.6) is 0 Å². The number of benzene rings is 1. The predicted octanol–water partition coefficient (Wildman–Crippen LogP) is 1.18. The molecule has 0 saturated carbocycles. The normalized spacial score (nSPS) is 11.7. The van der Waals surface area contributed by atoms with Crippen LogP contribution in [0.1, 0.15) is 5.69 Å². The van der Waals surface area contributed by atoms with Crippen LogP contribution in [-0.2, 0) is 23.5 Å². The summed E-state index contributed by atoms with van der Waals surface area (Å²) in [4.78, 5) is -0.0772. The Morgan fingerprint density at radius 1 is 1.40 bits per heavy atom. The fraction of sp³-hybridized carbons (Fsp3) is 0.250. The summed E-state index contributed by atoms with van der Waals surface area (Å²) in [5, 5.41) is 4.13. The molecule has 0 fully saturated rings. The number of nitrogens with zero attached hydrogens (tertiary/aromatic N) is 2. The first-order chi connectivity index (χ1) is 9.42. The molecule has 0 spiro atoms. The minimum Gasteiger partial charge on any atom is -0.398 e. The van der Waals surface area contributed by atoms with Gasteiger partial charge in [-0.1, -0.05) is 17.7 Å². The van der Waals surface area contributed by atoms with Crippen molar-refractivity contribution >= 4 is 27.3 Å². The van der Waals surface area contributed by atoms with Crippen molar-refractivity contribution in [3.63, 3.8) is 0 Å². The van der Waals surface area contributed by atoms with E-state index >= 15 is 0 Å². The fourth-order valence-electron chi connectivity index (χ4n) is 1.84. The number of aromatic nitrogens is 2.